The van der Waals surface area contributed by atoms with Crippen molar-refractivity contribution >= 4 is 11.7 Å². The van der Waals surface area contributed by atoms with Gasteiger partial charge in [-0.05, 0) is 38.5 Å². The summed E-state index contributed by atoms with van der Waals surface area (Å²) in [7, 11) is 0. The highest BCUT2D eigenvalue weighted by Gasteiger charge is 2.26. The molecule has 0 unspecified atom stereocenters. The minimum atomic E-state index is -1.34. The second kappa shape index (κ2) is 4.76. The number of hydrogen-bond acceptors (Lipinski definition) is 4. The number of aromatic carboxylic acids is 1. The van der Waals surface area contributed by atoms with Gasteiger partial charge in [0.1, 0.15) is 11.3 Å². The number of rotatable bonds is 3. The molecule has 0 saturated heterocycles. The summed E-state index contributed by atoms with van der Waals surface area (Å²) < 4.78 is 1.41. The molecule has 7 nitrogen and oxygen atoms in total. The summed E-state index contributed by atoms with van der Waals surface area (Å²) in [6, 6.07) is 4.17. The lowest BCUT2D eigenvalue weighted by Gasteiger charge is -2.07. The van der Waals surface area contributed by atoms with Crippen molar-refractivity contribution in [1.29, 1.82) is 0 Å². The van der Waals surface area contributed by atoms with E-state index in [1.165, 1.54) is 22.9 Å². The third-order valence-corrected chi connectivity index (χ3v) is 3.31. The molecule has 0 saturated carbocycles. The molecular formula is C13H13N3O4. The minimum absolute atomic E-state index is 0.156. The van der Waals surface area contributed by atoms with E-state index in [0.717, 1.165) is 17.0 Å². The molecule has 0 spiro atoms. The van der Waals surface area contributed by atoms with Gasteiger partial charge < -0.3 is 5.11 Å². The first-order valence-electron chi connectivity index (χ1n) is 5.88. The Morgan fingerprint density at radius 1 is 1.35 bits per heavy atom. The lowest BCUT2D eigenvalue weighted by Crippen LogP contribution is -2.09. The Hall–Kier alpha value is -2.70. The summed E-state index contributed by atoms with van der Waals surface area (Å²) in [4.78, 5) is 21.7. The van der Waals surface area contributed by atoms with Crippen molar-refractivity contribution in [2.45, 2.75) is 20.8 Å². The monoisotopic (exact) mass is 275 g/mol. The molecule has 0 radical (unpaired) electrons. The molecule has 0 bridgehead atoms. The molecular weight excluding hydrogens is 262 g/mol. The van der Waals surface area contributed by atoms with Crippen LogP contribution in [0.3, 0.4) is 0 Å². The summed E-state index contributed by atoms with van der Waals surface area (Å²) in [5, 5.41) is 24.5. The Morgan fingerprint density at radius 2 is 2.00 bits per heavy atom. The van der Waals surface area contributed by atoms with Gasteiger partial charge in [0.15, 0.2) is 0 Å². The second-order valence-electron chi connectivity index (χ2n) is 4.44. The van der Waals surface area contributed by atoms with Crippen LogP contribution in [0.5, 0.6) is 0 Å². The highest BCUT2D eigenvalue weighted by Crippen LogP contribution is 2.29. The van der Waals surface area contributed by atoms with Crippen molar-refractivity contribution in [3.63, 3.8) is 0 Å². The highest BCUT2D eigenvalue weighted by atomic mass is 16.6. The lowest BCUT2D eigenvalue weighted by molar-refractivity contribution is -0.385. The van der Waals surface area contributed by atoms with Crippen molar-refractivity contribution in [1.82, 2.24) is 9.78 Å². The summed E-state index contributed by atoms with van der Waals surface area (Å²) in [6.45, 7) is 5.44. The van der Waals surface area contributed by atoms with Crippen molar-refractivity contribution in [3.8, 4) is 5.69 Å². The Morgan fingerprint density at radius 3 is 2.45 bits per heavy atom. The topological polar surface area (TPSA) is 98.3 Å². The van der Waals surface area contributed by atoms with Crippen LogP contribution in [0.1, 0.15) is 27.3 Å². The predicted molar refractivity (Wildman–Crippen MR) is 71.4 cm³/mol. The number of nitro benzene ring substituents is 1. The quantitative estimate of drug-likeness (QED) is 0.685. The van der Waals surface area contributed by atoms with E-state index in [1.807, 2.05) is 6.92 Å². The predicted octanol–water partition coefficient (Wildman–Crippen LogP) is 2.40. The number of para-hydroxylation sites is 1. The van der Waals surface area contributed by atoms with Gasteiger partial charge in [-0.15, -0.1) is 0 Å². The number of carbonyl (C=O) groups is 1. The van der Waals surface area contributed by atoms with E-state index in [-0.39, 0.29) is 11.3 Å². The molecule has 0 atom stereocenters. The van der Waals surface area contributed by atoms with Crippen LogP contribution in [0.15, 0.2) is 18.2 Å². The number of carboxylic acids is 1. The molecule has 7 heteroatoms. The molecule has 104 valence electrons. The van der Waals surface area contributed by atoms with Crippen LogP contribution in [0.4, 0.5) is 5.69 Å². The van der Waals surface area contributed by atoms with Crippen LogP contribution in [0, 0.1) is 30.9 Å². The average molecular weight is 275 g/mol. The first kappa shape index (κ1) is 13.7. The van der Waals surface area contributed by atoms with Gasteiger partial charge in [-0.3, -0.25) is 10.1 Å². The number of nitro groups is 1. The minimum Gasteiger partial charge on any atom is -0.477 e. The zero-order valence-corrected chi connectivity index (χ0v) is 11.2. The van der Waals surface area contributed by atoms with Gasteiger partial charge >= 0.3 is 11.7 Å². The average Bonchev–Trinajstić information content (AvgIpc) is 2.65. The molecule has 0 amide bonds. The number of hydrogen-bond donors (Lipinski definition) is 1. The van der Waals surface area contributed by atoms with Gasteiger partial charge in [-0.1, -0.05) is 6.07 Å². The smallest absolute Gasteiger partial charge is 0.342 e. The van der Waals surface area contributed by atoms with Crippen molar-refractivity contribution < 1.29 is 14.8 Å². The van der Waals surface area contributed by atoms with Crippen LogP contribution in [-0.2, 0) is 0 Å². The van der Waals surface area contributed by atoms with Crippen LogP contribution in [0.2, 0.25) is 0 Å². The third-order valence-electron chi connectivity index (χ3n) is 3.31. The van der Waals surface area contributed by atoms with E-state index < -0.39 is 16.6 Å². The Labute approximate surface area is 114 Å². The number of benzene rings is 1. The standard InChI is InChI=1S/C13H13N3O4/c1-7-8(2)14-15(9(7)3)11-6-4-5-10(13(17)18)12(11)16(19)20/h4-6H,1-3H3,(H,17,18). The highest BCUT2D eigenvalue weighted by molar-refractivity contribution is 5.94. The summed E-state index contributed by atoms with van der Waals surface area (Å²) in [5.74, 6) is -1.34. The first-order chi connectivity index (χ1) is 9.34. The fraction of sp³-hybridized carbons (Fsp3) is 0.231. The molecule has 2 aromatic rings. The number of carboxylic acid groups (broad SMARTS) is 1. The molecule has 1 N–H and O–H groups in total. The maximum atomic E-state index is 11.2. The third kappa shape index (κ3) is 2.03. The number of aromatic nitrogens is 2. The van der Waals surface area contributed by atoms with E-state index >= 15 is 0 Å². The maximum Gasteiger partial charge on any atom is 0.342 e. The molecule has 0 aliphatic heterocycles. The molecule has 1 heterocycles. The van der Waals surface area contributed by atoms with Gasteiger partial charge in [-0.2, -0.15) is 5.10 Å². The molecule has 0 fully saturated rings. The van der Waals surface area contributed by atoms with Gasteiger partial charge in [0.2, 0.25) is 0 Å². The van der Waals surface area contributed by atoms with E-state index in [4.69, 9.17) is 5.11 Å². The first-order valence-corrected chi connectivity index (χ1v) is 5.88. The number of nitrogens with zero attached hydrogens (tertiary/aromatic N) is 3. The summed E-state index contributed by atoms with van der Waals surface area (Å²) in [6.07, 6.45) is 0. The van der Waals surface area contributed by atoms with Crippen LogP contribution in [0.25, 0.3) is 5.69 Å². The van der Waals surface area contributed by atoms with Gasteiger partial charge in [0.05, 0.1) is 10.6 Å². The van der Waals surface area contributed by atoms with Gasteiger partial charge in [-0.25, -0.2) is 9.48 Å². The van der Waals surface area contributed by atoms with Crippen molar-refractivity contribution in [2.75, 3.05) is 0 Å². The summed E-state index contributed by atoms with van der Waals surface area (Å²) in [5.41, 5.74) is 1.76. The Balaban J connectivity index is 2.80. The Kier molecular flexibility index (Phi) is 3.27. The van der Waals surface area contributed by atoms with E-state index in [9.17, 15) is 14.9 Å². The molecule has 1 aromatic heterocycles. The second-order valence-corrected chi connectivity index (χ2v) is 4.44. The van der Waals surface area contributed by atoms with E-state index in [2.05, 4.69) is 5.10 Å². The Bertz CT molecular complexity index is 719. The fourth-order valence-corrected chi connectivity index (χ4v) is 2.02. The molecule has 0 aliphatic carbocycles. The number of aryl methyl sites for hydroxylation is 1. The normalized spacial score (nSPS) is 10.6. The lowest BCUT2D eigenvalue weighted by atomic mass is 10.1. The van der Waals surface area contributed by atoms with Crippen molar-refractivity contribution in [2.24, 2.45) is 0 Å². The largest absolute Gasteiger partial charge is 0.477 e. The zero-order chi connectivity index (χ0) is 15.0. The van der Waals surface area contributed by atoms with Gasteiger partial charge in [0, 0.05) is 5.69 Å². The molecule has 1 aromatic carbocycles. The molecule has 0 aliphatic rings. The molecule has 2 rings (SSSR count). The molecule has 20 heavy (non-hydrogen) atoms. The zero-order valence-electron chi connectivity index (χ0n) is 11.2. The fourth-order valence-electron chi connectivity index (χ4n) is 2.02. The van der Waals surface area contributed by atoms with E-state index in [1.54, 1.807) is 13.8 Å². The van der Waals surface area contributed by atoms with Crippen molar-refractivity contribution in [3.05, 3.63) is 50.8 Å². The summed E-state index contributed by atoms with van der Waals surface area (Å²) >= 11 is 0. The van der Waals surface area contributed by atoms with E-state index in [0.29, 0.717) is 0 Å². The van der Waals surface area contributed by atoms with Crippen LogP contribution < -0.4 is 0 Å². The van der Waals surface area contributed by atoms with Gasteiger partial charge in [0.25, 0.3) is 0 Å². The van der Waals surface area contributed by atoms with Crippen LogP contribution in [-0.4, -0.2) is 25.8 Å². The SMILES string of the molecule is Cc1nn(-c2cccc(C(=O)O)c2[N+](=O)[O-])c(C)c1C. The van der Waals surface area contributed by atoms with Crippen LogP contribution >= 0.6 is 0 Å². The maximum absolute atomic E-state index is 11.2.